The molecule has 30 heavy (non-hydrogen) atoms. The number of carbonyl (C=O) groups is 3. The lowest BCUT2D eigenvalue weighted by Gasteiger charge is -2.23. The Morgan fingerprint density at radius 1 is 1.17 bits per heavy atom. The summed E-state index contributed by atoms with van der Waals surface area (Å²) in [6, 6.07) is 7.37. The molecule has 2 amide bonds. The zero-order chi connectivity index (χ0) is 21.7. The zero-order valence-corrected chi connectivity index (χ0v) is 17.9. The summed E-state index contributed by atoms with van der Waals surface area (Å²) in [4.78, 5) is 40.9. The van der Waals surface area contributed by atoms with Crippen molar-refractivity contribution in [3.05, 3.63) is 36.0 Å². The Bertz CT molecular complexity index is 901. The van der Waals surface area contributed by atoms with Crippen LogP contribution in [0.1, 0.15) is 45.1 Å². The third-order valence-corrected chi connectivity index (χ3v) is 5.42. The number of aromatic amines is 1. The number of hydrogen-bond acceptors (Lipinski definition) is 4. The third kappa shape index (κ3) is 5.84. The van der Waals surface area contributed by atoms with Crippen molar-refractivity contribution in [1.82, 2.24) is 15.6 Å². The molecule has 2 aromatic rings. The molecule has 1 aromatic carbocycles. The molecule has 0 radical (unpaired) electrons. The average Bonchev–Trinajstić information content (AvgIpc) is 3.44. The van der Waals surface area contributed by atoms with Crippen LogP contribution in [-0.2, 0) is 25.5 Å². The van der Waals surface area contributed by atoms with Gasteiger partial charge < -0.3 is 20.4 Å². The number of ether oxygens (including phenoxy) is 1. The molecule has 0 bridgehead atoms. The fourth-order valence-electron chi connectivity index (χ4n) is 3.69. The quantitative estimate of drug-likeness (QED) is 0.522. The van der Waals surface area contributed by atoms with Crippen LogP contribution in [0.5, 0.6) is 0 Å². The molecule has 0 saturated heterocycles. The van der Waals surface area contributed by atoms with Crippen molar-refractivity contribution in [2.45, 2.75) is 58.0 Å². The van der Waals surface area contributed by atoms with Crippen LogP contribution in [0.3, 0.4) is 0 Å². The lowest BCUT2D eigenvalue weighted by atomic mass is 9.92. The van der Waals surface area contributed by atoms with E-state index in [0.29, 0.717) is 12.8 Å². The topological polar surface area (TPSA) is 100 Å². The highest BCUT2D eigenvalue weighted by atomic mass is 16.5. The molecule has 162 valence electrons. The number of esters is 1. The highest BCUT2D eigenvalue weighted by Gasteiger charge is 2.31. The molecule has 3 N–H and O–H groups in total. The number of methoxy groups -OCH3 is 1. The Hall–Kier alpha value is -2.83. The molecule has 3 rings (SSSR count). The molecule has 1 aromatic heterocycles. The minimum absolute atomic E-state index is 0.00453. The van der Waals surface area contributed by atoms with Gasteiger partial charge >= 0.3 is 5.97 Å². The maximum Gasteiger partial charge on any atom is 0.306 e. The lowest BCUT2D eigenvalue weighted by Crippen LogP contribution is -2.50. The van der Waals surface area contributed by atoms with Gasteiger partial charge in [-0.15, -0.1) is 0 Å². The van der Waals surface area contributed by atoms with Crippen molar-refractivity contribution in [1.29, 1.82) is 0 Å². The second-order valence-corrected chi connectivity index (χ2v) is 8.51. The van der Waals surface area contributed by atoms with Crippen molar-refractivity contribution < 1.29 is 19.1 Å². The predicted octanol–water partition coefficient (Wildman–Crippen LogP) is 2.70. The Kier molecular flexibility index (Phi) is 7.13. The van der Waals surface area contributed by atoms with E-state index in [9.17, 15) is 14.4 Å². The molecule has 1 saturated carbocycles. The number of H-pyrrole nitrogens is 1. The summed E-state index contributed by atoms with van der Waals surface area (Å²) < 4.78 is 4.76. The van der Waals surface area contributed by atoms with Gasteiger partial charge in [0.25, 0.3) is 0 Å². The van der Waals surface area contributed by atoms with Crippen LogP contribution in [0.2, 0.25) is 0 Å². The SMILES string of the molecule is COC(=O)C[C@@H](CC(C)C)C(=O)N[C@@H](Cc1c[nH]c2ccccc12)C(=O)NC1CC1. The van der Waals surface area contributed by atoms with Gasteiger partial charge in [0, 0.05) is 35.5 Å². The maximum atomic E-state index is 13.0. The molecule has 1 fully saturated rings. The molecular weight excluding hydrogens is 382 g/mol. The van der Waals surface area contributed by atoms with E-state index in [1.165, 1.54) is 7.11 Å². The summed E-state index contributed by atoms with van der Waals surface area (Å²) in [6.07, 6.45) is 4.75. The number of nitrogens with one attached hydrogen (secondary N) is 3. The first-order valence-corrected chi connectivity index (χ1v) is 10.6. The van der Waals surface area contributed by atoms with Gasteiger partial charge in [0.2, 0.25) is 11.8 Å². The molecule has 0 unspecified atom stereocenters. The number of rotatable bonds is 10. The summed E-state index contributed by atoms with van der Waals surface area (Å²) in [5.41, 5.74) is 1.96. The number of hydrogen-bond donors (Lipinski definition) is 3. The van der Waals surface area contributed by atoms with Crippen LogP contribution in [-0.4, -0.2) is 42.0 Å². The van der Waals surface area contributed by atoms with Gasteiger partial charge in [-0.05, 0) is 36.8 Å². The first-order valence-electron chi connectivity index (χ1n) is 10.6. The van der Waals surface area contributed by atoms with Crippen LogP contribution in [0, 0.1) is 11.8 Å². The number of amides is 2. The van der Waals surface area contributed by atoms with E-state index in [-0.39, 0.29) is 30.2 Å². The Balaban J connectivity index is 1.77. The number of carbonyl (C=O) groups excluding carboxylic acids is 3. The lowest BCUT2D eigenvalue weighted by molar-refractivity contribution is -0.144. The fourth-order valence-corrected chi connectivity index (χ4v) is 3.69. The van der Waals surface area contributed by atoms with Crippen molar-refractivity contribution in [3.63, 3.8) is 0 Å². The summed E-state index contributed by atoms with van der Waals surface area (Å²) in [5.74, 6) is -1.19. The van der Waals surface area contributed by atoms with E-state index in [1.54, 1.807) is 0 Å². The number of benzene rings is 1. The normalized spacial score (nSPS) is 15.6. The second-order valence-electron chi connectivity index (χ2n) is 8.51. The van der Waals surface area contributed by atoms with E-state index in [4.69, 9.17) is 4.74 Å². The molecule has 1 aliphatic carbocycles. The van der Waals surface area contributed by atoms with Crippen LogP contribution in [0.25, 0.3) is 10.9 Å². The summed E-state index contributed by atoms with van der Waals surface area (Å²) >= 11 is 0. The molecule has 1 heterocycles. The van der Waals surface area contributed by atoms with Gasteiger partial charge in [-0.2, -0.15) is 0 Å². The van der Waals surface area contributed by atoms with Crippen molar-refractivity contribution in [2.24, 2.45) is 11.8 Å². The van der Waals surface area contributed by atoms with Crippen LogP contribution >= 0.6 is 0 Å². The van der Waals surface area contributed by atoms with Gasteiger partial charge in [0.1, 0.15) is 6.04 Å². The van der Waals surface area contributed by atoms with E-state index in [2.05, 4.69) is 15.6 Å². The molecule has 7 nitrogen and oxygen atoms in total. The highest BCUT2D eigenvalue weighted by Crippen LogP contribution is 2.22. The Morgan fingerprint density at radius 2 is 1.90 bits per heavy atom. The van der Waals surface area contributed by atoms with Crippen LogP contribution < -0.4 is 10.6 Å². The second kappa shape index (κ2) is 9.78. The molecule has 1 aliphatic rings. The predicted molar refractivity (Wildman–Crippen MR) is 115 cm³/mol. The van der Waals surface area contributed by atoms with E-state index < -0.39 is 17.9 Å². The van der Waals surface area contributed by atoms with E-state index in [0.717, 1.165) is 29.3 Å². The van der Waals surface area contributed by atoms with Gasteiger partial charge in [0.05, 0.1) is 13.5 Å². The highest BCUT2D eigenvalue weighted by molar-refractivity contribution is 5.91. The third-order valence-electron chi connectivity index (χ3n) is 5.42. The summed E-state index contributed by atoms with van der Waals surface area (Å²) in [5, 5.41) is 6.94. The minimum atomic E-state index is -0.704. The first kappa shape index (κ1) is 21.9. The molecular formula is C23H31N3O4. The van der Waals surface area contributed by atoms with E-state index >= 15 is 0 Å². The molecule has 0 aliphatic heterocycles. The van der Waals surface area contributed by atoms with Crippen molar-refractivity contribution in [3.8, 4) is 0 Å². The van der Waals surface area contributed by atoms with Crippen molar-refractivity contribution >= 4 is 28.7 Å². The molecule has 2 atom stereocenters. The fraction of sp³-hybridized carbons (Fsp3) is 0.522. The Labute approximate surface area is 176 Å². The van der Waals surface area contributed by atoms with Crippen molar-refractivity contribution in [2.75, 3.05) is 7.11 Å². The summed E-state index contributed by atoms with van der Waals surface area (Å²) in [7, 11) is 1.32. The smallest absolute Gasteiger partial charge is 0.306 e. The standard InChI is InChI=1S/C23H31N3O4/c1-14(2)10-15(12-21(27)30-3)22(28)26-20(23(29)25-17-8-9-17)11-16-13-24-19-7-5-4-6-18(16)19/h4-7,13-15,17,20,24H,8-12H2,1-3H3,(H,25,29)(H,26,28)/t15-,20+/m1/s1. The Morgan fingerprint density at radius 3 is 2.57 bits per heavy atom. The van der Waals surface area contributed by atoms with Gasteiger partial charge in [-0.25, -0.2) is 0 Å². The molecule has 7 heteroatoms. The molecule has 0 spiro atoms. The average molecular weight is 414 g/mol. The van der Waals surface area contributed by atoms with Crippen LogP contribution in [0.4, 0.5) is 0 Å². The number of aromatic nitrogens is 1. The largest absolute Gasteiger partial charge is 0.469 e. The van der Waals surface area contributed by atoms with E-state index in [1.807, 2.05) is 44.3 Å². The van der Waals surface area contributed by atoms with Gasteiger partial charge in [0.15, 0.2) is 0 Å². The summed E-state index contributed by atoms with van der Waals surface area (Å²) in [6.45, 7) is 4.00. The van der Waals surface area contributed by atoms with Crippen LogP contribution in [0.15, 0.2) is 30.5 Å². The van der Waals surface area contributed by atoms with Gasteiger partial charge in [-0.3, -0.25) is 14.4 Å². The first-order chi connectivity index (χ1) is 14.4. The maximum absolute atomic E-state index is 13.0. The minimum Gasteiger partial charge on any atom is -0.469 e. The monoisotopic (exact) mass is 413 g/mol. The van der Waals surface area contributed by atoms with Gasteiger partial charge in [-0.1, -0.05) is 32.0 Å². The number of fused-ring (bicyclic) bond motifs is 1. The number of para-hydroxylation sites is 1. The zero-order valence-electron chi connectivity index (χ0n) is 17.9.